The van der Waals surface area contributed by atoms with Crippen LogP contribution in [0.15, 0.2) is 54.6 Å². The molecule has 2 aromatic rings. The van der Waals surface area contributed by atoms with Crippen LogP contribution in [-0.2, 0) is 4.74 Å². The van der Waals surface area contributed by atoms with Crippen molar-refractivity contribution in [2.24, 2.45) is 5.92 Å². The Morgan fingerprint density at radius 2 is 1.75 bits per heavy atom. The van der Waals surface area contributed by atoms with E-state index in [1.807, 2.05) is 42.5 Å². The second-order valence-electron chi connectivity index (χ2n) is 6.29. The highest BCUT2D eigenvalue weighted by Gasteiger charge is 2.21. The number of aliphatic hydroxyl groups is 1. The number of aliphatic hydroxyl groups excluding tert-OH is 1. The Morgan fingerprint density at radius 1 is 1.08 bits per heavy atom. The van der Waals surface area contributed by atoms with Crippen LogP contribution < -0.4 is 5.32 Å². The summed E-state index contributed by atoms with van der Waals surface area (Å²) in [7, 11) is 0. The predicted molar refractivity (Wildman–Crippen MR) is 93.8 cm³/mol. The van der Waals surface area contributed by atoms with E-state index in [1.165, 1.54) is 12.8 Å². The second-order valence-corrected chi connectivity index (χ2v) is 6.29. The zero-order valence-electron chi connectivity index (χ0n) is 13.7. The van der Waals surface area contributed by atoms with Gasteiger partial charge in [-0.2, -0.15) is 0 Å². The third kappa shape index (κ3) is 4.91. The van der Waals surface area contributed by atoms with Gasteiger partial charge in [-0.25, -0.2) is 0 Å². The molecule has 2 N–H and O–H groups in total. The zero-order valence-corrected chi connectivity index (χ0v) is 13.7. The van der Waals surface area contributed by atoms with Crippen molar-refractivity contribution in [3.8, 4) is 11.1 Å². The SMILES string of the molecule is O=C(NCC(O)COCC1CC1)c1ccc(-c2ccccc2)cc1. The molecular weight excluding hydrogens is 302 g/mol. The minimum absolute atomic E-state index is 0.184. The van der Waals surface area contributed by atoms with Crippen molar-refractivity contribution in [1.82, 2.24) is 5.32 Å². The first-order valence-electron chi connectivity index (χ1n) is 8.42. The number of rotatable bonds is 8. The van der Waals surface area contributed by atoms with Gasteiger partial charge in [0.1, 0.15) is 0 Å². The van der Waals surface area contributed by atoms with E-state index in [0.29, 0.717) is 18.1 Å². The van der Waals surface area contributed by atoms with E-state index in [4.69, 9.17) is 4.74 Å². The van der Waals surface area contributed by atoms with Crippen molar-refractivity contribution in [2.75, 3.05) is 19.8 Å². The number of carbonyl (C=O) groups excluding carboxylic acids is 1. The molecular formula is C20H23NO3. The number of nitrogens with one attached hydrogen (secondary N) is 1. The maximum absolute atomic E-state index is 12.1. The minimum atomic E-state index is -0.670. The van der Waals surface area contributed by atoms with E-state index in [0.717, 1.165) is 11.1 Å². The summed E-state index contributed by atoms with van der Waals surface area (Å²) < 4.78 is 5.42. The maximum atomic E-state index is 12.1. The fourth-order valence-electron chi connectivity index (χ4n) is 2.47. The molecule has 1 aliphatic rings. The second kappa shape index (κ2) is 8.08. The van der Waals surface area contributed by atoms with Gasteiger partial charge in [-0.3, -0.25) is 4.79 Å². The van der Waals surface area contributed by atoms with Gasteiger partial charge in [0.05, 0.1) is 12.7 Å². The molecule has 0 aromatic heterocycles. The lowest BCUT2D eigenvalue weighted by molar-refractivity contribution is 0.0320. The van der Waals surface area contributed by atoms with Crippen LogP contribution in [0, 0.1) is 5.92 Å². The maximum Gasteiger partial charge on any atom is 0.251 e. The molecule has 24 heavy (non-hydrogen) atoms. The van der Waals surface area contributed by atoms with Gasteiger partial charge in [0.25, 0.3) is 5.91 Å². The van der Waals surface area contributed by atoms with Gasteiger partial charge in [-0.1, -0.05) is 42.5 Å². The first kappa shape index (κ1) is 16.7. The quantitative estimate of drug-likeness (QED) is 0.784. The molecule has 0 spiro atoms. The van der Waals surface area contributed by atoms with Crippen molar-refractivity contribution in [2.45, 2.75) is 18.9 Å². The molecule has 1 saturated carbocycles. The fourth-order valence-corrected chi connectivity index (χ4v) is 2.47. The van der Waals surface area contributed by atoms with Crippen molar-refractivity contribution < 1.29 is 14.6 Å². The third-order valence-electron chi connectivity index (χ3n) is 4.11. The lowest BCUT2D eigenvalue weighted by Crippen LogP contribution is -2.34. The van der Waals surface area contributed by atoms with Gasteiger partial charge in [-0.05, 0) is 42.0 Å². The lowest BCUT2D eigenvalue weighted by Gasteiger charge is -2.12. The summed E-state index contributed by atoms with van der Waals surface area (Å²) in [5, 5.41) is 12.6. The highest BCUT2D eigenvalue weighted by Crippen LogP contribution is 2.28. The summed E-state index contributed by atoms with van der Waals surface area (Å²) in [6, 6.07) is 17.5. The summed E-state index contributed by atoms with van der Waals surface area (Å²) in [6.45, 7) is 1.18. The highest BCUT2D eigenvalue weighted by atomic mass is 16.5. The summed E-state index contributed by atoms with van der Waals surface area (Å²) in [4.78, 5) is 12.1. The highest BCUT2D eigenvalue weighted by molar-refractivity contribution is 5.94. The Balaban J connectivity index is 1.46. The molecule has 4 heteroatoms. The topological polar surface area (TPSA) is 58.6 Å². The lowest BCUT2D eigenvalue weighted by atomic mass is 10.0. The van der Waals surface area contributed by atoms with E-state index < -0.39 is 6.10 Å². The van der Waals surface area contributed by atoms with Crippen molar-refractivity contribution >= 4 is 5.91 Å². The normalized spacial score (nSPS) is 15.0. The number of hydrogen-bond donors (Lipinski definition) is 2. The monoisotopic (exact) mass is 325 g/mol. The average molecular weight is 325 g/mol. The van der Waals surface area contributed by atoms with Gasteiger partial charge in [0.2, 0.25) is 0 Å². The van der Waals surface area contributed by atoms with Gasteiger partial charge in [0.15, 0.2) is 0 Å². The smallest absolute Gasteiger partial charge is 0.251 e. The van der Waals surface area contributed by atoms with Crippen LogP contribution in [0.2, 0.25) is 0 Å². The van der Waals surface area contributed by atoms with Gasteiger partial charge in [0, 0.05) is 18.7 Å². The average Bonchev–Trinajstić information content (AvgIpc) is 3.45. The number of ether oxygens (including phenoxy) is 1. The zero-order chi connectivity index (χ0) is 16.8. The Morgan fingerprint density at radius 3 is 2.42 bits per heavy atom. The van der Waals surface area contributed by atoms with E-state index in [2.05, 4.69) is 5.32 Å². The molecule has 1 unspecified atom stereocenters. The van der Waals surface area contributed by atoms with E-state index >= 15 is 0 Å². The number of amides is 1. The van der Waals surface area contributed by atoms with Crippen LogP contribution in [0.25, 0.3) is 11.1 Å². The van der Waals surface area contributed by atoms with Crippen molar-refractivity contribution in [1.29, 1.82) is 0 Å². The van der Waals surface area contributed by atoms with Crippen LogP contribution in [0.3, 0.4) is 0 Å². The summed E-state index contributed by atoms with van der Waals surface area (Å²) in [5.41, 5.74) is 2.77. The summed E-state index contributed by atoms with van der Waals surface area (Å²) in [5.74, 6) is 0.491. The molecule has 0 bridgehead atoms. The molecule has 0 saturated heterocycles. The van der Waals surface area contributed by atoms with E-state index in [-0.39, 0.29) is 19.1 Å². The Hall–Kier alpha value is -2.17. The first-order valence-corrected chi connectivity index (χ1v) is 8.42. The van der Waals surface area contributed by atoms with Crippen LogP contribution in [0.5, 0.6) is 0 Å². The van der Waals surface area contributed by atoms with Crippen LogP contribution in [-0.4, -0.2) is 36.9 Å². The summed E-state index contributed by atoms with van der Waals surface area (Å²) in [6.07, 6.45) is 1.79. The molecule has 0 aliphatic heterocycles. The van der Waals surface area contributed by atoms with Crippen LogP contribution in [0.4, 0.5) is 0 Å². The molecule has 3 rings (SSSR count). The predicted octanol–water partition coefficient (Wildman–Crippen LogP) is 2.87. The first-order chi connectivity index (χ1) is 11.7. The molecule has 1 atom stereocenters. The van der Waals surface area contributed by atoms with Crippen molar-refractivity contribution in [3.63, 3.8) is 0 Å². The Labute approximate surface area is 142 Å². The van der Waals surface area contributed by atoms with Crippen molar-refractivity contribution in [3.05, 3.63) is 60.2 Å². The number of benzene rings is 2. The molecule has 126 valence electrons. The molecule has 1 aliphatic carbocycles. The standard InChI is InChI=1S/C20H23NO3/c22-19(14-24-13-15-6-7-15)12-21-20(23)18-10-8-17(9-11-18)16-4-2-1-3-5-16/h1-5,8-11,15,19,22H,6-7,12-14H2,(H,21,23). The molecule has 4 nitrogen and oxygen atoms in total. The molecule has 0 heterocycles. The van der Waals surface area contributed by atoms with E-state index in [1.54, 1.807) is 12.1 Å². The van der Waals surface area contributed by atoms with Crippen LogP contribution >= 0.6 is 0 Å². The number of carbonyl (C=O) groups is 1. The largest absolute Gasteiger partial charge is 0.389 e. The summed E-state index contributed by atoms with van der Waals surface area (Å²) >= 11 is 0. The Kier molecular flexibility index (Phi) is 5.62. The van der Waals surface area contributed by atoms with Gasteiger partial charge < -0.3 is 15.2 Å². The fraction of sp³-hybridized carbons (Fsp3) is 0.350. The van der Waals surface area contributed by atoms with Gasteiger partial charge >= 0.3 is 0 Å². The molecule has 1 fully saturated rings. The third-order valence-corrected chi connectivity index (χ3v) is 4.11. The minimum Gasteiger partial charge on any atom is -0.389 e. The van der Waals surface area contributed by atoms with Gasteiger partial charge in [-0.15, -0.1) is 0 Å². The molecule has 0 radical (unpaired) electrons. The molecule has 2 aromatic carbocycles. The Bertz CT molecular complexity index is 650. The van der Waals surface area contributed by atoms with Crippen LogP contribution in [0.1, 0.15) is 23.2 Å². The van der Waals surface area contributed by atoms with E-state index in [9.17, 15) is 9.90 Å². The molecule has 1 amide bonds. The number of hydrogen-bond acceptors (Lipinski definition) is 3.